The summed E-state index contributed by atoms with van der Waals surface area (Å²) in [5.41, 5.74) is 5.55. The number of nitrogens with one attached hydrogen (secondary N) is 2. The van der Waals surface area contributed by atoms with Gasteiger partial charge in [-0.2, -0.15) is 5.10 Å². The molecule has 3 aromatic carbocycles. The first kappa shape index (κ1) is 25.5. The third-order valence-electron chi connectivity index (χ3n) is 5.36. The monoisotopic (exact) mass is 512 g/mol. The normalized spacial score (nSPS) is 11.4. The number of halogens is 1. The molecule has 4 aromatic rings. The number of carbonyl (C=O) groups excluding carboxylic acids is 2. The minimum Gasteiger partial charge on any atom is -0.455 e. The van der Waals surface area contributed by atoms with Crippen LogP contribution in [0.4, 0.5) is 5.69 Å². The lowest BCUT2D eigenvalue weighted by atomic mass is 10.1. The van der Waals surface area contributed by atoms with Crippen LogP contribution in [0.15, 0.2) is 106 Å². The average Bonchev–Trinajstić information content (AvgIpc) is 3.38. The minimum absolute atomic E-state index is 0.0462. The van der Waals surface area contributed by atoms with Gasteiger partial charge in [-0.25, -0.2) is 5.43 Å². The molecule has 1 aromatic heterocycles. The Morgan fingerprint density at radius 1 is 0.892 bits per heavy atom. The van der Waals surface area contributed by atoms with E-state index in [1.165, 1.54) is 6.21 Å². The van der Waals surface area contributed by atoms with Crippen LogP contribution in [0.25, 0.3) is 17.4 Å². The van der Waals surface area contributed by atoms with Crippen LogP contribution in [0.3, 0.4) is 0 Å². The smallest absolute Gasteiger partial charge is 0.287 e. The molecule has 0 aliphatic rings. The highest BCUT2D eigenvalue weighted by Crippen LogP contribution is 2.23. The number of anilines is 1. The summed E-state index contributed by atoms with van der Waals surface area (Å²) >= 11 is 5.94. The highest BCUT2D eigenvalue weighted by atomic mass is 35.5. The summed E-state index contributed by atoms with van der Waals surface area (Å²) in [6.07, 6.45) is 2.98. The maximum atomic E-state index is 13.0. The molecule has 0 bridgehead atoms. The Bertz CT molecular complexity index is 1420. The van der Waals surface area contributed by atoms with Crippen LogP contribution in [-0.4, -0.2) is 32.1 Å². The number of amides is 2. The standard InChI is InChI=1S/C29H25ClN4O3/c1-34(2)24-14-8-20(9-15-24)18-26(32-28(35)22-6-4-3-5-7-22)29(36)33-31-19-25-16-17-27(37-25)21-10-12-23(30)13-11-21/h3-19H,1-2H3,(H,32,35)(H,33,36)/b26-18+,31-19+. The Balaban J connectivity index is 1.50. The van der Waals surface area contributed by atoms with E-state index in [9.17, 15) is 9.59 Å². The van der Waals surface area contributed by atoms with Crippen molar-refractivity contribution in [2.45, 2.75) is 0 Å². The summed E-state index contributed by atoms with van der Waals surface area (Å²) in [7, 11) is 3.89. The van der Waals surface area contributed by atoms with Gasteiger partial charge in [0.1, 0.15) is 17.2 Å². The SMILES string of the molecule is CN(C)c1ccc(/C=C(/NC(=O)c2ccccc2)C(=O)N/N=C/c2ccc(-c3ccc(Cl)cc3)o2)cc1. The lowest BCUT2D eigenvalue weighted by Crippen LogP contribution is -2.32. The number of hydrogen-bond donors (Lipinski definition) is 2. The number of benzene rings is 3. The third kappa shape index (κ3) is 6.96. The summed E-state index contributed by atoms with van der Waals surface area (Å²) in [5.74, 6) is 0.0981. The van der Waals surface area contributed by atoms with E-state index in [0.717, 1.165) is 16.8 Å². The van der Waals surface area contributed by atoms with E-state index in [0.29, 0.717) is 22.1 Å². The fourth-order valence-corrected chi connectivity index (χ4v) is 3.51. The molecule has 186 valence electrons. The summed E-state index contributed by atoms with van der Waals surface area (Å²) in [4.78, 5) is 27.7. The van der Waals surface area contributed by atoms with Gasteiger partial charge in [0.25, 0.3) is 11.8 Å². The molecule has 2 N–H and O–H groups in total. The first-order chi connectivity index (χ1) is 17.9. The van der Waals surface area contributed by atoms with Crippen LogP contribution in [0, 0.1) is 0 Å². The molecule has 0 atom stereocenters. The van der Waals surface area contributed by atoms with Gasteiger partial charge in [0.2, 0.25) is 0 Å². The van der Waals surface area contributed by atoms with Crippen molar-refractivity contribution in [3.8, 4) is 11.3 Å². The van der Waals surface area contributed by atoms with E-state index in [4.69, 9.17) is 16.0 Å². The highest BCUT2D eigenvalue weighted by molar-refractivity contribution is 6.30. The Labute approximate surface area is 220 Å². The number of rotatable bonds is 8. The van der Waals surface area contributed by atoms with Gasteiger partial charge in [0, 0.05) is 35.9 Å². The van der Waals surface area contributed by atoms with Gasteiger partial charge in [0.05, 0.1) is 6.21 Å². The number of furan rings is 1. The van der Waals surface area contributed by atoms with Crippen molar-refractivity contribution >= 4 is 41.4 Å². The molecule has 0 saturated heterocycles. The van der Waals surface area contributed by atoms with E-state index in [1.807, 2.05) is 61.5 Å². The molecule has 0 aliphatic heterocycles. The van der Waals surface area contributed by atoms with Crippen LogP contribution in [-0.2, 0) is 4.79 Å². The molecular weight excluding hydrogens is 488 g/mol. The lowest BCUT2D eigenvalue weighted by Gasteiger charge is -2.12. The molecule has 8 heteroatoms. The molecule has 2 amide bonds. The van der Waals surface area contributed by atoms with Gasteiger partial charge in [-0.05, 0) is 72.3 Å². The molecule has 1 heterocycles. The molecule has 0 unspecified atom stereocenters. The first-order valence-electron chi connectivity index (χ1n) is 11.4. The van der Waals surface area contributed by atoms with Crippen LogP contribution in [0.5, 0.6) is 0 Å². The fourth-order valence-electron chi connectivity index (χ4n) is 3.38. The van der Waals surface area contributed by atoms with Crippen LogP contribution < -0.4 is 15.6 Å². The van der Waals surface area contributed by atoms with Gasteiger partial charge in [-0.15, -0.1) is 0 Å². The van der Waals surface area contributed by atoms with Gasteiger partial charge >= 0.3 is 0 Å². The molecule has 0 radical (unpaired) electrons. The van der Waals surface area contributed by atoms with Crippen LogP contribution >= 0.6 is 11.6 Å². The number of hydrazone groups is 1. The molecule has 7 nitrogen and oxygen atoms in total. The predicted octanol–water partition coefficient (Wildman–Crippen LogP) is 5.59. The van der Waals surface area contributed by atoms with Crippen LogP contribution in [0.1, 0.15) is 21.7 Å². The predicted molar refractivity (Wildman–Crippen MR) is 148 cm³/mol. The Morgan fingerprint density at radius 3 is 2.27 bits per heavy atom. The van der Waals surface area contributed by atoms with Crippen molar-refractivity contribution in [2.75, 3.05) is 19.0 Å². The maximum Gasteiger partial charge on any atom is 0.287 e. The number of hydrogen-bond acceptors (Lipinski definition) is 5. The second kappa shape index (κ2) is 11.9. The Morgan fingerprint density at radius 2 is 1.59 bits per heavy atom. The van der Waals surface area contributed by atoms with Gasteiger partial charge in [-0.1, -0.05) is 41.9 Å². The molecule has 0 fully saturated rings. The summed E-state index contributed by atoms with van der Waals surface area (Å²) in [5, 5.41) is 7.33. The van der Waals surface area contributed by atoms with Crippen molar-refractivity contribution in [2.24, 2.45) is 5.10 Å². The second-order valence-electron chi connectivity index (χ2n) is 8.27. The molecule has 0 aliphatic carbocycles. The molecule has 4 rings (SSSR count). The largest absolute Gasteiger partial charge is 0.455 e. The van der Waals surface area contributed by atoms with E-state index in [2.05, 4.69) is 15.8 Å². The average molecular weight is 513 g/mol. The lowest BCUT2D eigenvalue weighted by molar-refractivity contribution is -0.117. The molecule has 37 heavy (non-hydrogen) atoms. The first-order valence-corrected chi connectivity index (χ1v) is 11.8. The number of carbonyl (C=O) groups is 2. The Kier molecular flexibility index (Phi) is 8.18. The van der Waals surface area contributed by atoms with E-state index >= 15 is 0 Å². The van der Waals surface area contributed by atoms with Crippen molar-refractivity contribution < 1.29 is 14.0 Å². The second-order valence-corrected chi connectivity index (χ2v) is 8.71. The fraction of sp³-hybridized carbons (Fsp3) is 0.0690. The zero-order chi connectivity index (χ0) is 26.2. The van der Waals surface area contributed by atoms with E-state index < -0.39 is 11.8 Å². The van der Waals surface area contributed by atoms with E-state index in [1.54, 1.807) is 54.6 Å². The van der Waals surface area contributed by atoms with Crippen molar-refractivity contribution in [1.82, 2.24) is 10.7 Å². The maximum absolute atomic E-state index is 13.0. The summed E-state index contributed by atoms with van der Waals surface area (Å²) in [6, 6.07) is 27.0. The topological polar surface area (TPSA) is 86.9 Å². The Hall–Kier alpha value is -4.62. The molecular formula is C29H25ClN4O3. The summed E-state index contributed by atoms with van der Waals surface area (Å²) in [6.45, 7) is 0. The third-order valence-corrected chi connectivity index (χ3v) is 5.61. The van der Waals surface area contributed by atoms with Gasteiger partial charge in [0.15, 0.2) is 0 Å². The number of nitrogens with zero attached hydrogens (tertiary/aromatic N) is 2. The zero-order valence-corrected chi connectivity index (χ0v) is 21.1. The van der Waals surface area contributed by atoms with Crippen molar-refractivity contribution in [1.29, 1.82) is 0 Å². The molecule has 0 spiro atoms. The molecule has 0 saturated carbocycles. The van der Waals surface area contributed by atoms with E-state index in [-0.39, 0.29) is 5.70 Å². The van der Waals surface area contributed by atoms with Gasteiger partial charge < -0.3 is 14.6 Å². The quantitative estimate of drug-likeness (QED) is 0.183. The van der Waals surface area contributed by atoms with Crippen LogP contribution in [0.2, 0.25) is 5.02 Å². The minimum atomic E-state index is -0.582. The van der Waals surface area contributed by atoms with Crippen molar-refractivity contribution in [3.63, 3.8) is 0 Å². The zero-order valence-electron chi connectivity index (χ0n) is 20.3. The van der Waals surface area contributed by atoms with Crippen molar-refractivity contribution in [3.05, 3.63) is 119 Å². The highest BCUT2D eigenvalue weighted by Gasteiger charge is 2.14. The van der Waals surface area contributed by atoms with Gasteiger partial charge in [-0.3, -0.25) is 9.59 Å². The summed E-state index contributed by atoms with van der Waals surface area (Å²) < 4.78 is 5.77.